The number of hydrogen-bond acceptors (Lipinski definition) is 7. The molecular formula is C26H28N8O2. The average molecular weight is 485 g/mol. The van der Waals surface area contributed by atoms with Crippen molar-refractivity contribution in [1.29, 1.82) is 0 Å². The van der Waals surface area contributed by atoms with Crippen molar-refractivity contribution in [3.63, 3.8) is 0 Å². The molecule has 0 aliphatic carbocycles. The standard InChI is InChI=1S/C26H28N8O2/c1-3-33-22-23(30-25(33)32-13-7-8-16(27)14-32)31(2)26(36)34(24(22)35)15-20-17-9-4-5-10-18(17)21-19(29-20)11-6-12-28-21/h4-6,9-12,16H,3,7-8,13-15,27H2,1-2H3. The molecule has 1 saturated heterocycles. The summed E-state index contributed by atoms with van der Waals surface area (Å²) in [5.74, 6) is 0.688. The van der Waals surface area contributed by atoms with E-state index < -0.39 is 5.69 Å². The van der Waals surface area contributed by atoms with E-state index >= 15 is 0 Å². The maximum atomic E-state index is 13.9. The molecule has 0 bridgehead atoms. The first kappa shape index (κ1) is 22.4. The second-order valence-electron chi connectivity index (χ2n) is 9.38. The highest BCUT2D eigenvalue weighted by molar-refractivity contribution is 6.04. The minimum atomic E-state index is -0.424. The van der Waals surface area contributed by atoms with Gasteiger partial charge < -0.3 is 15.2 Å². The molecule has 4 aromatic heterocycles. The number of rotatable bonds is 4. The molecule has 10 nitrogen and oxygen atoms in total. The molecule has 5 aromatic rings. The van der Waals surface area contributed by atoms with E-state index in [1.165, 1.54) is 9.13 Å². The van der Waals surface area contributed by atoms with E-state index in [4.69, 9.17) is 15.7 Å². The van der Waals surface area contributed by atoms with Crippen LogP contribution < -0.4 is 21.9 Å². The van der Waals surface area contributed by atoms with Gasteiger partial charge in [-0.1, -0.05) is 24.3 Å². The quantitative estimate of drug-likeness (QED) is 0.388. The molecule has 1 atom stereocenters. The van der Waals surface area contributed by atoms with Crippen LogP contribution in [0.2, 0.25) is 0 Å². The van der Waals surface area contributed by atoms with Crippen LogP contribution in [-0.2, 0) is 20.1 Å². The third-order valence-corrected chi connectivity index (χ3v) is 7.11. The number of aryl methyl sites for hydroxylation is 2. The first-order chi connectivity index (χ1) is 17.5. The Hall–Kier alpha value is -4.05. The van der Waals surface area contributed by atoms with Crippen molar-refractivity contribution in [3.8, 4) is 0 Å². The number of imidazole rings is 1. The molecule has 0 amide bonds. The Kier molecular flexibility index (Phi) is 5.33. The SMILES string of the molecule is CCn1c(N2CCCC(N)C2)nc2c1c(=O)n(Cc1nc3cccnc3c3ccccc13)c(=O)n2C. The van der Waals surface area contributed by atoms with E-state index in [2.05, 4.69) is 9.88 Å². The highest BCUT2D eigenvalue weighted by Gasteiger charge is 2.26. The van der Waals surface area contributed by atoms with Gasteiger partial charge in [0.1, 0.15) is 0 Å². The zero-order valence-electron chi connectivity index (χ0n) is 20.4. The van der Waals surface area contributed by atoms with Gasteiger partial charge in [0, 0.05) is 49.7 Å². The molecular weight excluding hydrogens is 456 g/mol. The molecule has 10 heteroatoms. The molecule has 2 N–H and O–H groups in total. The largest absolute Gasteiger partial charge is 0.341 e. The van der Waals surface area contributed by atoms with Gasteiger partial charge >= 0.3 is 5.69 Å². The molecule has 0 spiro atoms. The van der Waals surface area contributed by atoms with E-state index in [-0.39, 0.29) is 18.1 Å². The van der Waals surface area contributed by atoms with E-state index in [0.29, 0.717) is 35.9 Å². The topological polar surface area (TPSA) is 117 Å². The maximum Gasteiger partial charge on any atom is 0.332 e. The summed E-state index contributed by atoms with van der Waals surface area (Å²) in [6.07, 6.45) is 3.67. The van der Waals surface area contributed by atoms with Crippen LogP contribution in [0, 0.1) is 0 Å². The van der Waals surface area contributed by atoms with Crippen LogP contribution >= 0.6 is 0 Å². The Morgan fingerprint density at radius 2 is 1.86 bits per heavy atom. The monoisotopic (exact) mass is 484 g/mol. The Labute approximate surface area is 206 Å². The fourth-order valence-electron chi connectivity index (χ4n) is 5.34. The summed E-state index contributed by atoms with van der Waals surface area (Å²) in [5, 5.41) is 1.80. The number of benzene rings is 1. The van der Waals surface area contributed by atoms with Crippen molar-refractivity contribution in [2.45, 2.75) is 38.9 Å². The molecule has 0 radical (unpaired) electrons. The highest BCUT2D eigenvalue weighted by atomic mass is 16.2. The van der Waals surface area contributed by atoms with E-state index in [9.17, 15) is 9.59 Å². The van der Waals surface area contributed by atoms with Crippen LogP contribution in [0.5, 0.6) is 0 Å². The first-order valence-corrected chi connectivity index (χ1v) is 12.3. The summed E-state index contributed by atoms with van der Waals surface area (Å²) in [6.45, 7) is 4.07. The lowest BCUT2D eigenvalue weighted by molar-refractivity contribution is 0.494. The molecule has 0 saturated carbocycles. The number of aromatic nitrogens is 6. The molecule has 5 heterocycles. The minimum Gasteiger partial charge on any atom is -0.341 e. The summed E-state index contributed by atoms with van der Waals surface area (Å²) >= 11 is 0. The Morgan fingerprint density at radius 3 is 2.64 bits per heavy atom. The van der Waals surface area contributed by atoms with Crippen LogP contribution in [0.4, 0.5) is 5.95 Å². The zero-order valence-corrected chi connectivity index (χ0v) is 20.4. The smallest absolute Gasteiger partial charge is 0.332 e. The van der Waals surface area contributed by atoms with Crippen molar-refractivity contribution in [2.24, 2.45) is 12.8 Å². The first-order valence-electron chi connectivity index (χ1n) is 12.3. The van der Waals surface area contributed by atoms with Gasteiger partial charge in [0.15, 0.2) is 11.2 Å². The highest BCUT2D eigenvalue weighted by Crippen LogP contribution is 2.26. The van der Waals surface area contributed by atoms with Gasteiger partial charge in [-0.3, -0.25) is 18.9 Å². The van der Waals surface area contributed by atoms with E-state index in [1.54, 1.807) is 13.2 Å². The number of pyridine rings is 2. The lowest BCUT2D eigenvalue weighted by atomic mass is 10.1. The Balaban J connectivity index is 1.56. The molecule has 1 aliphatic rings. The van der Waals surface area contributed by atoms with Gasteiger partial charge in [0.25, 0.3) is 5.56 Å². The lowest BCUT2D eigenvalue weighted by Gasteiger charge is -2.31. The van der Waals surface area contributed by atoms with E-state index in [1.807, 2.05) is 47.9 Å². The van der Waals surface area contributed by atoms with Crippen molar-refractivity contribution >= 4 is 38.9 Å². The van der Waals surface area contributed by atoms with Crippen LogP contribution in [0.3, 0.4) is 0 Å². The number of hydrogen-bond donors (Lipinski definition) is 1. The molecule has 1 aliphatic heterocycles. The summed E-state index contributed by atoms with van der Waals surface area (Å²) in [5.41, 5.74) is 8.39. The summed E-state index contributed by atoms with van der Waals surface area (Å²) < 4.78 is 4.63. The second-order valence-corrected chi connectivity index (χ2v) is 9.38. The predicted molar refractivity (Wildman–Crippen MR) is 140 cm³/mol. The third kappa shape index (κ3) is 3.40. The van der Waals surface area contributed by atoms with Gasteiger partial charge in [-0.05, 0) is 31.9 Å². The van der Waals surface area contributed by atoms with Crippen LogP contribution in [0.1, 0.15) is 25.5 Å². The third-order valence-electron chi connectivity index (χ3n) is 7.11. The molecule has 36 heavy (non-hydrogen) atoms. The molecule has 1 unspecified atom stereocenters. The summed E-state index contributed by atoms with van der Waals surface area (Å²) in [4.78, 5) is 43.5. The fraction of sp³-hybridized carbons (Fsp3) is 0.346. The molecule has 1 aromatic carbocycles. The van der Waals surface area contributed by atoms with Crippen molar-refractivity contribution < 1.29 is 0 Å². The Morgan fingerprint density at radius 1 is 1.06 bits per heavy atom. The van der Waals surface area contributed by atoms with Crippen molar-refractivity contribution in [1.82, 2.24) is 28.7 Å². The summed E-state index contributed by atoms with van der Waals surface area (Å²) in [7, 11) is 1.66. The molecule has 184 valence electrons. The minimum absolute atomic E-state index is 0.0472. The number of nitrogens with two attached hydrogens (primary N) is 1. The number of piperidine rings is 1. The van der Waals surface area contributed by atoms with Gasteiger partial charge in [-0.25, -0.2) is 9.78 Å². The van der Waals surface area contributed by atoms with Crippen molar-refractivity contribution in [2.75, 3.05) is 18.0 Å². The van der Waals surface area contributed by atoms with Crippen LogP contribution in [0.15, 0.2) is 52.2 Å². The number of nitrogens with zero attached hydrogens (tertiary/aromatic N) is 7. The normalized spacial score (nSPS) is 16.4. The zero-order chi connectivity index (χ0) is 25.0. The van der Waals surface area contributed by atoms with Gasteiger partial charge in [-0.2, -0.15) is 4.98 Å². The van der Waals surface area contributed by atoms with Crippen molar-refractivity contribution in [3.05, 3.63) is 69.1 Å². The predicted octanol–water partition coefficient (Wildman–Crippen LogP) is 1.99. The Bertz CT molecular complexity index is 1750. The lowest BCUT2D eigenvalue weighted by Crippen LogP contribution is -2.44. The van der Waals surface area contributed by atoms with Crippen LogP contribution in [-0.4, -0.2) is 47.8 Å². The number of anilines is 1. The van der Waals surface area contributed by atoms with Crippen LogP contribution in [0.25, 0.3) is 33.0 Å². The second kappa shape index (κ2) is 8.56. The average Bonchev–Trinajstić information content (AvgIpc) is 3.30. The van der Waals surface area contributed by atoms with Gasteiger partial charge in [0.2, 0.25) is 5.95 Å². The molecule has 1 fully saturated rings. The van der Waals surface area contributed by atoms with Gasteiger partial charge in [-0.15, -0.1) is 0 Å². The fourth-order valence-corrected chi connectivity index (χ4v) is 5.34. The number of fused-ring (bicyclic) bond motifs is 4. The summed E-state index contributed by atoms with van der Waals surface area (Å²) in [6, 6.07) is 11.6. The van der Waals surface area contributed by atoms with Gasteiger partial charge in [0.05, 0.1) is 23.3 Å². The molecule has 6 rings (SSSR count). The van der Waals surface area contributed by atoms with E-state index in [0.717, 1.165) is 41.2 Å². The maximum absolute atomic E-state index is 13.9.